The molecule has 0 aliphatic carbocycles. The molecule has 3 rings (SSSR count). The number of rotatable bonds is 4. The van der Waals surface area contributed by atoms with Gasteiger partial charge in [0.05, 0.1) is 12.7 Å². The maximum atomic E-state index is 13.0. The van der Waals surface area contributed by atoms with Crippen LogP contribution in [0.2, 0.25) is 0 Å². The molecule has 0 saturated carbocycles. The number of aldehydes is 1. The predicted molar refractivity (Wildman–Crippen MR) is 84.2 cm³/mol. The highest BCUT2D eigenvalue weighted by molar-refractivity contribution is 6.01. The molecular formula is C18H14FNO3. The SMILES string of the molecule is COC(=O)c1ccc2c(c1)c(C=O)cn2Cc1ccc(F)cc1. The normalized spacial score (nSPS) is 10.7. The smallest absolute Gasteiger partial charge is 0.337 e. The van der Waals surface area contributed by atoms with Gasteiger partial charge in [0.25, 0.3) is 0 Å². The van der Waals surface area contributed by atoms with E-state index in [1.807, 2.05) is 4.57 Å². The maximum absolute atomic E-state index is 13.0. The zero-order chi connectivity index (χ0) is 16.4. The van der Waals surface area contributed by atoms with E-state index in [0.717, 1.165) is 17.4 Å². The average molecular weight is 311 g/mol. The molecule has 0 aliphatic heterocycles. The molecule has 3 aromatic rings. The highest BCUT2D eigenvalue weighted by Gasteiger charge is 2.12. The summed E-state index contributed by atoms with van der Waals surface area (Å²) < 4.78 is 19.6. The molecule has 0 amide bonds. The van der Waals surface area contributed by atoms with E-state index in [9.17, 15) is 14.0 Å². The summed E-state index contributed by atoms with van der Waals surface area (Å²) in [6.45, 7) is 0.502. The fourth-order valence-corrected chi connectivity index (χ4v) is 2.58. The van der Waals surface area contributed by atoms with Crippen LogP contribution in [0.3, 0.4) is 0 Å². The van der Waals surface area contributed by atoms with Crippen molar-refractivity contribution in [3.8, 4) is 0 Å². The van der Waals surface area contributed by atoms with Gasteiger partial charge in [-0.05, 0) is 35.9 Å². The fourth-order valence-electron chi connectivity index (χ4n) is 2.58. The van der Waals surface area contributed by atoms with Gasteiger partial charge in [0, 0.05) is 29.2 Å². The first-order valence-electron chi connectivity index (χ1n) is 7.03. The molecule has 1 aromatic heterocycles. The number of halogens is 1. The van der Waals surface area contributed by atoms with E-state index in [0.29, 0.717) is 23.1 Å². The molecule has 0 aliphatic rings. The third-order valence-corrected chi connectivity index (χ3v) is 3.73. The Bertz CT molecular complexity index is 881. The number of esters is 1. The molecule has 4 nitrogen and oxygen atoms in total. The number of hydrogen-bond donors (Lipinski definition) is 0. The zero-order valence-electron chi connectivity index (χ0n) is 12.5. The Morgan fingerprint density at radius 1 is 1.22 bits per heavy atom. The second-order valence-corrected chi connectivity index (χ2v) is 5.18. The van der Waals surface area contributed by atoms with E-state index < -0.39 is 5.97 Å². The van der Waals surface area contributed by atoms with Gasteiger partial charge in [-0.1, -0.05) is 12.1 Å². The molecule has 1 heterocycles. The quantitative estimate of drug-likeness (QED) is 0.548. The van der Waals surface area contributed by atoms with E-state index in [2.05, 4.69) is 0 Å². The summed E-state index contributed by atoms with van der Waals surface area (Å²) in [6.07, 6.45) is 2.48. The number of fused-ring (bicyclic) bond motifs is 1. The molecule has 0 unspecified atom stereocenters. The summed E-state index contributed by atoms with van der Waals surface area (Å²) in [5, 5.41) is 0.685. The Morgan fingerprint density at radius 3 is 2.61 bits per heavy atom. The molecule has 0 spiro atoms. The molecule has 0 atom stereocenters. The third kappa shape index (κ3) is 2.85. The minimum absolute atomic E-state index is 0.289. The van der Waals surface area contributed by atoms with Crippen molar-refractivity contribution in [3.05, 3.63) is 71.2 Å². The van der Waals surface area contributed by atoms with Gasteiger partial charge in [-0.25, -0.2) is 9.18 Å². The van der Waals surface area contributed by atoms with Crippen LogP contribution in [0.15, 0.2) is 48.7 Å². The van der Waals surface area contributed by atoms with E-state index in [-0.39, 0.29) is 5.82 Å². The van der Waals surface area contributed by atoms with Crippen molar-refractivity contribution in [1.29, 1.82) is 0 Å². The number of aromatic nitrogens is 1. The van der Waals surface area contributed by atoms with Crippen molar-refractivity contribution >= 4 is 23.2 Å². The Morgan fingerprint density at radius 2 is 1.96 bits per heavy atom. The summed E-state index contributed by atoms with van der Waals surface area (Å²) in [6, 6.07) is 11.3. The van der Waals surface area contributed by atoms with Gasteiger partial charge < -0.3 is 9.30 Å². The van der Waals surface area contributed by atoms with Crippen LogP contribution in [0, 0.1) is 5.82 Å². The van der Waals surface area contributed by atoms with Crippen molar-refractivity contribution in [1.82, 2.24) is 4.57 Å². The standard InChI is InChI=1S/C18H14FNO3/c1-23-18(22)13-4-7-17-16(8-13)14(11-21)10-20(17)9-12-2-5-15(19)6-3-12/h2-8,10-11H,9H2,1H3. The lowest BCUT2D eigenvalue weighted by molar-refractivity contribution is 0.0600. The van der Waals surface area contributed by atoms with Gasteiger partial charge in [0.15, 0.2) is 6.29 Å². The number of carbonyl (C=O) groups is 2. The molecule has 116 valence electrons. The van der Waals surface area contributed by atoms with Crippen molar-refractivity contribution < 1.29 is 18.7 Å². The second-order valence-electron chi connectivity index (χ2n) is 5.18. The van der Waals surface area contributed by atoms with Crippen LogP contribution in [0.1, 0.15) is 26.3 Å². The first kappa shape index (κ1) is 15.0. The molecule has 0 N–H and O–H groups in total. The van der Waals surface area contributed by atoms with Gasteiger partial charge >= 0.3 is 5.97 Å². The highest BCUT2D eigenvalue weighted by Crippen LogP contribution is 2.23. The number of carbonyl (C=O) groups excluding carboxylic acids is 2. The Hall–Kier alpha value is -2.95. The first-order chi connectivity index (χ1) is 11.1. The van der Waals surface area contributed by atoms with E-state index in [4.69, 9.17) is 4.74 Å². The van der Waals surface area contributed by atoms with Crippen molar-refractivity contribution in [2.45, 2.75) is 6.54 Å². The summed E-state index contributed by atoms with van der Waals surface area (Å²) in [7, 11) is 1.31. The van der Waals surface area contributed by atoms with Crippen LogP contribution in [-0.4, -0.2) is 23.9 Å². The van der Waals surface area contributed by atoms with E-state index in [1.165, 1.54) is 19.2 Å². The van der Waals surface area contributed by atoms with Crippen LogP contribution in [0.5, 0.6) is 0 Å². The Balaban J connectivity index is 2.05. The first-order valence-corrected chi connectivity index (χ1v) is 7.03. The molecule has 0 saturated heterocycles. The lowest BCUT2D eigenvalue weighted by atomic mass is 10.1. The topological polar surface area (TPSA) is 48.3 Å². The third-order valence-electron chi connectivity index (χ3n) is 3.73. The number of nitrogens with zero attached hydrogens (tertiary/aromatic N) is 1. The molecule has 0 radical (unpaired) electrons. The van der Waals surface area contributed by atoms with Crippen molar-refractivity contribution in [2.24, 2.45) is 0 Å². The molecule has 0 fully saturated rings. The fraction of sp³-hybridized carbons (Fsp3) is 0.111. The van der Waals surface area contributed by atoms with Gasteiger partial charge in [0.2, 0.25) is 0 Å². The average Bonchev–Trinajstić information content (AvgIpc) is 2.93. The zero-order valence-corrected chi connectivity index (χ0v) is 12.5. The van der Waals surface area contributed by atoms with Gasteiger partial charge in [0.1, 0.15) is 5.82 Å². The monoisotopic (exact) mass is 311 g/mol. The van der Waals surface area contributed by atoms with Crippen LogP contribution >= 0.6 is 0 Å². The summed E-state index contributed by atoms with van der Waals surface area (Å²) in [5.74, 6) is -0.738. The van der Waals surface area contributed by atoms with Crippen LogP contribution < -0.4 is 0 Å². The number of ether oxygens (including phenoxy) is 1. The van der Waals surface area contributed by atoms with Crippen LogP contribution in [-0.2, 0) is 11.3 Å². The summed E-state index contributed by atoms with van der Waals surface area (Å²) >= 11 is 0. The van der Waals surface area contributed by atoms with Gasteiger partial charge in [-0.15, -0.1) is 0 Å². The van der Waals surface area contributed by atoms with Crippen LogP contribution in [0.25, 0.3) is 10.9 Å². The molecule has 5 heteroatoms. The van der Waals surface area contributed by atoms with E-state index >= 15 is 0 Å². The minimum Gasteiger partial charge on any atom is -0.465 e. The van der Waals surface area contributed by atoms with Crippen molar-refractivity contribution in [3.63, 3.8) is 0 Å². The van der Waals surface area contributed by atoms with Gasteiger partial charge in [-0.2, -0.15) is 0 Å². The number of benzene rings is 2. The highest BCUT2D eigenvalue weighted by atomic mass is 19.1. The Labute approximate surface area is 132 Å². The molecule has 2 aromatic carbocycles. The Kier molecular flexibility index (Phi) is 3.93. The molecular weight excluding hydrogens is 297 g/mol. The molecule has 0 bridgehead atoms. The molecule has 23 heavy (non-hydrogen) atoms. The number of methoxy groups -OCH3 is 1. The minimum atomic E-state index is -0.449. The summed E-state index contributed by atoms with van der Waals surface area (Å²) in [5.41, 5.74) is 2.62. The maximum Gasteiger partial charge on any atom is 0.337 e. The lowest BCUT2D eigenvalue weighted by Gasteiger charge is -2.06. The number of hydrogen-bond acceptors (Lipinski definition) is 3. The largest absolute Gasteiger partial charge is 0.465 e. The van der Waals surface area contributed by atoms with Crippen molar-refractivity contribution in [2.75, 3.05) is 7.11 Å². The van der Waals surface area contributed by atoms with E-state index in [1.54, 1.807) is 36.5 Å². The second kappa shape index (κ2) is 6.04. The van der Waals surface area contributed by atoms with Gasteiger partial charge in [-0.3, -0.25) is 4.79 Å². The predicted octanol–water partition coefficient (Wildman–Crippen LogP) is 3.43. The van der Waals surface area contributed by atoms with Crippen LogP contribution in [0.4, 0.5) is 4.39 Å². The summed E-state index contributed by atoms with van der Waals surface area (Å²) in [4.78, 5) is 22.9. The lowest BCUT2D eigenvalue weighted by Crippen LogP contribution is -2.01.